The normalized spacial score (nSPS) is 33.0. The summed E-state index contributed by atoms with van der Waals surface area (Å²) in [6, 6.07) is 0. The van der Waals surface area contributed by atoms with Crippen molar-refractivity contribution >= 4 is 12.4 Å². The van der Waals surface area contributed by atoms with Gasteiger partial charge in [0.15, 0.2) is 0 Å². The fourth-order valence-electron chi connectivity index (χ4n) is 1.03. The van der Waals surface area contributed by atoms with Crippen LogP contribution in [0.2, 0.25) is 0 Å². The molecule has 2 atom stereocenters. The van der Waals surface area contributed by atoms with E-state index in [-0.39, 0.29) is 18.5 Å². The molecule has 0 radical (unpaired) electrons. The minimum absolute atomic E-state index is 0. The molecule has 0 spiro atoms. The van der Waals surface area contributed by atoms with Gasteiger partial charge >= 0.3 is 0 Å². The molecule has 0 bridgehead atoms. The fourth-order valence-corrected chi connectivity index (χ4v) is 1.03. The molecule has 62 valence electrons. The summed E-state index contributed by atoms with van der Waals surface area (Å²) in [5, 5.41) is 3.05. The Labute approximate surface area is 66.5 Å². The van der Waals surface area contributed by atoms with E-state index >= 15 is 0 Å². The van der Waals surface area contributed by atoms with Crippen molar-refractivity contribution < 1.29 is 9.13 Å². The molecule has 1 fully saturated rings. The van der Waals surface area contributed by atoms with E-state index in [1.54, 1.807) is 7.11 Å². The van der Waals surface area contributed by atoms with Gasteiger partial charge in [-0.25, -0.2) is 4.39 Å². The Morgan fingerprint density at radius 3 is 2.70 bits per heavy atom. The average molecular weight is 170 g/mol. The van der Waals surface area contributed by atoms with Gasteiger partial charge in [-0.3, -0.25) is 0 Å². The highest BCUT2D eigenvalue weighted by atomic mass is 35.5. The molecule has 0 aliphatic carbocycles. The molecule has 2 nitrogen and oxygen atoms in total. The molecule has 0 amide bonds. The molecule has 1 aliphatic rings. The minimum Gasteiger partial charge on any atom is -0.377 e. The van der Waals surface area contributed by atoms with Crippen molar-refractivity contribution in [2.75, 3.05) is 20.2 Å². The van der Waals surface area contributed by atoms with Crippen molar-refractivity contribution in [3.63, 3.8) is 0 Å². The fraction of sp³-hybridized carbons (Fsp3) is 1.00. The van der Waals surface area contributed by atoms with Crippen molar-refractivity contribution in [1.29, 1.82) is 0 Å². The lowest BCUT2D eigenvalue weighted by Gasteiger charge is -2.24. The molecule has 0 aromatic carbocycles. The Balaban J connectivity index is 0.000000810. The molecule has 0 saturated carbocycles. The lowest BCUT2D eigenvalue weighted by atomic mass is 10.1. The van der Waals surface area contributed by atoms with Gasteiger partial charge in [-0.15, -0.1) is 12.4 Å². The molecule has 1 N–H and O–H groups in total. The maximum Gasteiger partial charge on any atom is 0.129 e. The third kappa shape index (κ3) is 2.40. The molecule has 0 aromatic rings. The number of hydrogen-bond donors (Lipinski definition) is 1. The van der Waals surface area contributed by atoms with Crippen LogP contribution >= 0.6 is 12.4 Å². The maximum atomic E-state index is 12.7. The first-order valence-corrected chi connectivity index (χ1v) is 3.22. The third-order valence-corrected chi connectivity index (χ3v) is 1.65. The predicted molar refractivity (Wildman–Crippen MR) is 40.4 cm³/mol. The summed E-state index contributed by atoms with van der Waals surface area (Å²) >= 11 is 0. The van der Waals surface area contributed by atoms with Crippen LogP contribution in [0.15, 0.2) is 0 Å². The Bertz CT molecular complexity index is 93.8. The van der Waals surface area contributed by atoms with Gasteiger partial charge in [0.1, 0.15) is 12.3 Å². The number of alkyl halides is 1. The van der Waals surface area contributed by atoms with Crippen LogP contribution in [0.25, 0.3) is 0 Å². The second-order valence-corrected chi connectivity index (χ2v) is 2.28. The van der Waals surface area contributed by atoms with E-state index in [2.05, 4.69) is 5.32 Å². The Kier molecular flexibility index (Phi) is 4.95. The van der Waals surface area contributed by atoms with Crippen molar-refractivity contribution in [3.8, 4) is 0 Å². The van der Waals surface area contributed by atoms with Crippen LogP contribution in [0, 0.1) is 0 Å². The van der Waals surface area contributed by atoms with Crippen LogP contribution in [-0.2, 0) is 4.74 Å². The van der Waals surface area contributed by atoms with E-state index in [4.69, 9.17) is 4.74 Å². The molecule has 1 rings (SSSR count). The molecule has 1 saturated heterocycles. The zero-order valence-corrected chi connectivity index (χ0v) is 6.79. The zero-order chi connectivity index (χ0) is 6.69. The van der Waals surface area contributed by atoms with Crippen molar-refractivity contribution in [1.82, 2.24) is 5.32 Å². The Morgan fingerprint density at radius 2 is 2.30 bits per heavy atom. The largest absolute Gasteiger partial charge is 0.377 e. The number of rotatable bonds is 1. The monoisotopic (exact) mass is 169 g/mol. The van der Waals surface area contributed by atoms with Crippen molar-refractivity contribution in [2.45, 2.75) is 18.7 Å². The first kappa shape index (κ1) is 10.1. The number of piperidine rings is 1. The molecule has 2 unspecified atom stereocenters. The zero-order valence-electron chi connectivity index (χ0n) is 5.97. The van der Waals surface area contributed by atoms with Crippen LogP contribution in [0.4, 0.5) is 4.39 Å². The Morgan fingerprint density at radius 1 is 1.60 bits per heavy atom. The summed E-state index contributed by atoms with van der Waals surface area (Å²) in [6.45, 7) is 1.43. The quantitative estimate of drug-likeness (QED) is 0.626. The number of ether oxygens (including phenoxy) is 1. The van der Waals surface area contributed by atoms with Crippen LogP contribution in [0.3, 0.4) is 0 Å². The lowest BCUT2D eigenvalue weighted by molar-refractivity contribution is 0.0154. The van der Waals surface area contributed by atoms with Crippen LogP contribution in [0.5, 0.6) is 0 Å². The van der Waals surface area contributed by atoms with Crippen LogP contribution < -0.4 is 5.32 Å². The van der Waals surface area contributed by atoms with Crippen molar-refractivity contribution in [2.24, 2.45) is 0 Å². The van der Waals surface area contributed by atoms with Gasteiger partial charge in [0.2, 0.25) is 0 Å². The minimum atomic E-state index is -0.767. The molecule has 0 aromatic heterocycles. The lowest BCUT2D eigenvalue weighted by Crippen LogP contribution is -2.42. The van der Waals surface area contributed by atoms with E-state index in [0.717, 1.165) is 6.54 Å². The SMILES string of the molecule is COC1CNCCC1F.Cl. The smallest absolute Gasteiger partial charge is 0.129 e. The molecule has 10 heavy (non-hydrogen) atoms. The molecule has 1 heterocycles. The maximum absolute atomic E-state index is 12.7. The summed E-state index contributed by atoms with van der Waals surface area (Å²) in [4.78, 5) is 0. The van der Waals surface area contributed by atoms with Crippen molar-refractivity contribution in [3.05, 3.63) is 0 Å². The summed E-state index contributed by atoms with van der Waals surface area (Å²) in [7, 11) is 1.55. The van der Waals surface area contributed by atoms with Gasteiger partial charge in [0.25, 0.3) is 0 Å². The second-order valence-electron chi connectivity index (χ2n) is 2.28. The van der Waals surface area contributed by atoms with Gasteiger partial charge in [0, 0.05) is 13.7 Å². The third-order valence-electron chi connectivity index (χ3n) is 1.65. The van der Waals surface area contributed by atoms with Crippen LogP contribution in [-0.4, -0.2) is 32.5 Å². The first-order chi connectivity index (χ1) is 4.34. The summed E-state index contributed by atoms with van der Waals surface area (Å²) in [5.74, 6) is 0. The van der Waals surface area contributed by atoms with E-state index in [1.807, 2.05) is 0 Å². The predicted octanol–water partition coefficient (Wildman–Crippen LogP) is 0.755. The molecule has 1 aliphatic heterocycles. The van der Waals surface area contributed by atoms with E-state index in [0.29, 0.717) is 13.0 Å². The van der Waals surface area contributed by atoms with Gasteiger partial charge in [-0.2, -0.15) is 0 Å². The topological polar surface area (TPSA) is 21.3 Å². The van der Waals surface area contributed by atoms with Gasteiger partial charge in [0.05, 0.1) is 0 Å². The number of nitrogens with one attached hydrogen (secondary N) is 1. The summed E-state index contributed by atoms with van der Waals surface area (Å²) in [5.41, 5.74) is 0. The highest BCUT2D eigenvalue weighted by molar-refractivity contribution is 5.85. The molecular formula is C6H13ClFNO. The van der Waals surface area contributed by atoms with E-state index < -0.39 is 6.17 Å². The summed E-state index contributed by atoms with van der Waals surface area (Å²) in [6.07, 6.45) is -0.409. The van der Waals surface area contributed by atoms with Crippen LogP contribution in [0.1, 0.15) is 6.42 Å². The standard InChI is InChI=1S/C6H12FNO.ClH/c1-9-6-4-8-3-2-5(6)7;/h5-6,8H,2-4H2,1H3;1H. The Hall–Kier alpha value is 0.140. The highest BCUT2D eigenvalue weighted by Gasteiger charge is 2.23. The van der Waals surface area contributed by atoms with E-state index in [1.165, 1.54) is 0 Å². The first-order valence-electron chi connectivity index (χ1n) is 3.22. The van der Waals surface area contributed by atoms with Gasteiger partial charge < -0.3 is 10.1 Å². The number of halogens is 2. The molecule has 4 heteroatoms. The number of hydrogen-bond acceptors (Lipinski definition) is 2. The van der Waals surface area contributed by atoms with E-state index in [9.17, 15) is 4.39 Å². The summed E-state index contributed by atoms with van der Waals surface area (Å²) < 4.78 is 17.5. The van der Waals surface area contributed by atoms with Gasteiger partial charge in [-0.05, 0) is 13.0 Å². The molecular weight excluding hydrogens is 157 g/mol. The number of methoxy groups -OCH3 is 1. The average Bonchev–Trinajstić information content (AvgIpc) is 1.89. The highest BCUT2D eigenvalue weighted by Crippen LogP contribution is 2.09. The van der Waals surface area contributed by atoms with Gasteiger partial charge in [-0.1, -0.05) is 0 Å². The second kappa shape index (κ2) is 4.88.